The van der Waals surface area contributed by atoms with Gasteiger partial charge in [-0.25, -0.2) is 4.79 Å². The summed E-state index contributed by atoms with van der Waals surface area (Å²) in [5.41, 5.74) is -0.0276. The molecule has 10 heteroatoms. The number of aromatic hydroxyl groups is 4. The molecule has 1 atom stereocenters. The van der Waals surface area contributed by atoms with Crippen LogP contribution in [-0.2, 0) is 9.59 Å². The van der Waals surface area contributed by atoms with Gasteiger partial charge in [-0.2, -0.15) is 15.5 Å². The third kappa shape index (κ3) is 5.80. The van der Waals surface area contributed by atoms with Crippen molar-refractivity contribution in [3.63, 3.8) is 0 Å². The third-order valence-corrected chi connectivity index (χ3v) is 4.73. The molecule has 0 spiro atoms. The minimum absolute atomic E-state index is 0.00562. The zero-order valence-electron chi connectivity index (χ0n) is 18.0. The number of phenols is 4. The molecule has 4 N–H and O–H groups in total. The predicted octanol–water partition coefficient (Wildman–Crippen LogP) is 3.48. The summed E-state index contributed by atoms with van der Waals surface area (Å²) >= 11 is 0. The van der Waals surface area contributed by atoms with Gasteiger partial charge in [0.05, 0.1) is 12.0 Å². The number of benzene rings is 2. The average Bonchev–Trinajstić information content (AvgIpc) is 2.82. The van der Waals surface area contributed by atoms with Gasteiger partial charge in [-0.1, -0.05) is 30.6 Å². The SMILES string of the molecule is CCCC(C#N)C(=C(C#N)C(=O)N(C=Cc1ccc(O)c(O)c1)N=C=O)c1ccc(O)c(O)c1. The zero-order valence-corrected chi connectivity index (χ0v) is 18.0. The largest absolute Gasteiger partial charge is 0.504 e. The Bertz CT molecular complexity index is 1280. The minimum Gasteiger partial charge on any atom is -0.504 e. The molecule has 0 aliphatic heterocycles. The molecule has 0 bridgehead atoms. The van der Waals surface area contributed by atoms with E-state index in [1.807, 2.05) is 13.0 Å². The Kier molecular flexibility index (Phi) is 8.55. The highest BCUT2D eigenvalue weighted by molar-refractivity contribution is 6.06. The molecule has 0 aromatic heterocycles. The van der Waals surface area contributed by atoms with Crippen LogP contribution >= 0.6 is 0 Å². The summed E-state index contributed by atoms with van der Waals surface area (Å²) < 4.78 is 0. The molecular weight excluding hydrogens is 440 g/mol. The molecule has 2 aromatic carbocycles. The molecule has 0 aliphatic rings. The van der Waals surface area contributed by atoms with Crippen LogP contribution in [0.1, 0.15) is 30.9 Å². The number of amides is 1. The first-order valence-electron chi connectivity index (χ1n) is 9.95. The highest BCUT2D eigenvalue weighted by Crippen LogP contribution is 2.35. The van der Waals surface area contributed by atoms with E-state index in [1.54, 1.807) is 6.07 Å². The van der Waals surface area contributed by atoms with Gasteiger partial charge in [-0.05, 0) is 47.9 Å². The predicted molar refractivity (Wildman–Crippen MR) is 120 cm³/mol. The van der Waals surface area contributed by atoms with Crippen LogP contribution in [0.3, 0.4) is 0 Å². The second-order valence-electron chi connectivity index (χ2n) is 6.98. The van der Waals surface area contributed by atoms with Gasteiger partial charge in [0.25, 0.3) is 12.0 Å². The van der Waals surface area contributed by atoms with Gasteiger partial charge < -0.3 is 20.4 Å². The van der Waals surface area contributed by atoms with Gasteiger partial charge in [-0.15, -0.1) is 0 Å². The number of rotatable bonds is 8. The van der Waals surface area contributed by atoms with E-state index in [0.29, 0.717) is 17.0 Å². The van der Waals surface area contributed by atoms with E-state index >= 15 is 0 Å². The van der Waals surface area contributed by atoms with Crippen LogP contribution in [0, 0.1) is 28.6 Å². The van der Waals surface area contributed by atoms with E-state index < -0.39 is 34.6 Å². The van der Waals surface area contributed by atoms with Crippen molar-refractivity contribution in [1.82, 2.24) is 5.01 Å². The van der Waals surface area contributed by atoms with E-state index in [-0.39, 0.29) is 23.3 Å². The van der Waals surface area contributed by atoms with Crippen LogP contribution in [0.4, 0.5) is 0 Å². The van der Waals surface area contributed by atoms with Crippen LogP contribution in [0.5, 0.6) is 23.0 Å². The first-order valence-corrected chi connectivity index (χ1v) is 9.95. The van der Waals surface area contributed by atoms with E-state index in [0.717, 1.165) is 18.3 Å². The number of nitriles is 2. The Hall–Kier alpha value is -5.05. The molecule has 2 rings (SSSR count). The van der Waals surface area contributed by atoms with Gasteiger partial charge in [0, 0.05) is 11.8 Å². The minimum atomic E-state index is -1.05. The van der Waals surface area contributed by atoms with Crippen LogP contribution in [0.15, 0.2) is 53.3 Å². The number of hydrazone groups is 1. The van der Waals surface area contributed by atoms with Crippen molar-refractivity contribution in [2.45, 2.75) is 19.8 Å². The lowest BCUT2D eigenvalue weighted by Gasteiger charge is -2.18. The van der Waals surface area contributed by atoms with Crippen LogP contribution in [0.2, 0.25) is 0 Å². The number of phenolic OH excluding ortho intramolecular Hbond substituents is 4. The molecule has 0 saturated carbocycles. The van der Waals surface area contributed by atoms with Crippen molar-refractivity contribution < 1.29 is 30.0 Å². The molecule has 0 saturated heterocycles. The first kappa shape index (κ1) is 25.2. The van der Waals surface area contributed by atoms with Crippen molar-refractivity contribution >= 4 is 23.6 Å². The number of carbonyl (C=O) groups excluding carboxylic acids is 2. The average molecular weight is 460 g/mol. The van der Waals surface area contributed by atoms with E-state index in [9.17, 15) is 40.5 Å². The summed E-state index contributed by atoms with van der Waals surface area (Å²) in [7, 11) is 0. The number of carbonyl (C=O) groups is 1. The Morgan fingerprint density at radius 2 is 1.71 bits per heavy atom. The van der Waals surface area contributed by atoms with Gasteiger partial charge in [0.1, 0.15) is 11.6 Å². The second kappa shape index (κ2) is 11.5. The molecule has 1 amide bonds. The lowest BCUT2D eigenvalue weighted by atomic mass is 9.86. The molecular formula is C24H20N4O6. The van der Waals surface area contributed by atoms with Gasteiger partial charge in [-0.3, -0.25) is 4.79 Å². The van der Waals surface area contributed by atoms with Crippen molar-refractivity contribution in [2.75, 3.05) is 0 Å². The Morgan fingerprint density at radius 1 is 1.06 bits per heavy atom. The summed E-state index contributed by atoms with van der Waals surface area (Å²) in [6.45, 7) is 1.81. The van der Waals surface area contributed by atoms with Gasteiger partial charge in [0.15, 0.2) is 23.0 Å². The van der Waals surface area contributed by atoms with Crippen LogP contribution in [-0.4, -0.2) is 37.4 Å². The number of hydrogen-bond donors (Lipinski definition) is 4. The molecule has 0 fully saturated rings. The van der Waals surface area contributed by atoms with Crippen LogP contribution < -0.4 is 0 Å². The molecule has 172 valence electrons. The van der Waals surface area contributed by atoms with Crippen molar-refractivity contribution in [3.8, 4) is 35.1 Å². The Balaban J connectivity index is 2.65. The molecule has 1 unspecified atom stereocenters. The quantitative estimate of drug-likeness (QED) is 0.115. The number of nitrogens with zero attached hydrogens (tertiary/aromatic N) is 4. The molecule has 34 heavy (non-hydrogen) atoms. The van der Waals surface area contributed by atoms with Crippen LogP contribution in [0.25, 0.3) is 11.6 Å². The van der Waals surface area contributed by atoms with E-state index in [1.165, 1.54) is 36.4 Å². The molecule has 0 radical (unpaired) electrons. The Labute approximate surface area is 194 Å². The maximum absolute atomic E-state index is 13.2. The summed E-state index contributed by atoms with van der Waals surface area (Å²) in [5.74, 6) is -3.68. The highest BCUT2D eigenvalue weighted by atomic mass is 16.3. The molecule has 10 nitrogen and oxygen atoms in total. The van der Waals surface area contributed by atoms with Crippen molar-refractivity contribution in [1.29, 1.82) is 10.5 Å². The fourth-order valence-corrected chi connectivity index (χ4v) is 3.10. The van der Waals surface area contributed by atoms with Crippen molar-refractivity contribution in [2.24, 2.45) is 11.0 Å². The van der Waals surface area contributed by atoms with Crippen molar-refractivity contribution in [3.05, 3.63) is 59.3 Å². The fraction of sp³-hybridized carbons (Fsp3) is 0.167. The summed E-state index contributed by atoms with van der Waals surface area (Å²) in [6, 6.07) is 11.2. The van der Waals surface area contributed by atoms with Gasteiger partial charge >= 0.3 is 0 Å². The van der Waals surface area contributed by atoms with E-state index in [4.69, 9.17) is 0 Å². The molecule has 2 aromatic rings. The molecule has 0 aliphatic carbocycles. The highest BCUT2D eigenvalue weighted by Gasteiger charge is 2.27. The topological polar surface area (TPSA) is 178 Å². The maximum atomic E-state index is 13.2. The number of hydrogen-bond acceptors (Lipinski definition) is 9. The van der Waals surface area contributed by atoms with Gasteiger partial charge in [0.2, 0.25) is 0 Å². The van der Waals surface area contributed by atoms with E-state index in [2.05, 4.69) is 5.10 Å². The lowest BCUT2D eigenvalue weighted by molar-refractivity contribution is -0.124. The molecule has 0 heterocycles. The first-order chi connectivity index (χ1) is 16.3. The third-order valence-electron chi connectivity index (χ3n) is 4.73. The fourth-order valence-electron chi connectivity index (χ4n) is 3.10. The number of isocyanates is 1. The monoisotopic (exact) mass is 460 g/mol. The summed E-state index contributed by atoms with van der Waals surface area (Å²) in [6.07, 6.45) is 4.37. The summed E-state index contributed by atoms with van der Waals surface area (Å²) in [4.78, 5) is 24.2. The second-order valence-corrected chi connectivity index (χ2v) is 6.98. The summed E-state index contributed by atoms with van der Waals surface area (Å²) in [5, 5.41) is 62.0. The standard InChI is InChI=1S/C24H20N4O6/c1-2-3-17(12-25)23(16-5-7-20(31)22(33)11-16)18(13-26)24(34)28(27-14-29)9-8-15-4-6-19(30)21(32)10-15/h4-11,17,30-33H,2-3H2,1H3. The lowest BCUT2D eigenvalue weighted by Crippen LogP contribution is -2.23. The smallest absolute Gasteiger partial charge is 0.289 e. The maximum Gasteiger partial charge on any atom is 0.289 e. The Morgan fingerprint density at radius 3 is 2.24 bits per heavy atom. The zero-order chi connectivity index (χ0) is 25.3. The number of allylic oxidation sites excluding steroid dienone is 1. The normalized spacial score (nSPS) is 12.1.